The molecular formula is C14H25BrO. The zero-order chi connectivity index (χ0) is 12.0. The lowest BCUT2D eigenvalue weighted by atomic mass is 9.48. The molecule has 4 atom stereocenters. The van der Waals surface area contributed by atoms with Crippen molar-refractivity contribution in [1.29, 1.82) is 0 Å². The molecule has 0 saturated heterocycles. The van der Waals surface area contributed by atoms with Gasteiger partial charge in [0.1, 0.15) is 0 Å². The van der Waals surface area contributed by atoms with Crippen LogP contribution in [0, 0.1) is 22.7 Å². The molecule has 1 nitrogen and oxygen atoms in total. The third-order valence-corrected chi connectivity index (χ3v) is 6.46. The number of aliphatic hydroxyl groups excluding tert-OH is 1. The van der Waals surface area contributed by atoms with Gasteiger partial charge in [0, 0.05) is 5.33 Å². The summed E-state index contributed by atoms with van der Waals surface area (Å²) in [7, 11) is 0. The Morgan fingerprint density at radius 1 is 1.19 bits per heavy atom. The van der Waals surface area contributed by atoms with Crippen LogP contribution >= 0.6 is 15.9 Å². The Balaban J connectivity index is 2.30. The van der Waals surface area contributed by atoms with Gasteiger partial charge in [0.05, 0.1) is 6.10 Å². The number of halogens is 1. The second kappa shape index (κ2) is 4.28. The van der Waals surface area contributed by atoms with Gasteiger partial charge in [-0.25, -0.2) is 0 Å². The Morgan fingerprint density at radius 2 is 1.88 bits per heavy atom. The maximum absolute atomic E-state index is 10.2. The van der Waals surface area contributed by atoms with Crippen molar-refractivity contribution in [3.8, 4) is 0 Å². The summed E-state index contributed by atoms with van der Waals surface area (Å²) in [6.45, 7) is 7.02. The van der Waals surface area contributed by atoms with E-state index in [4.69, 9.17) is 0 Å². The van der Waals surface area contributed by atoms with Crippen molar-refractivity contribution in [3.05, 3.63) is 0 Å². The van der Waals surface area contributed by atoms with Crippen LogP contribution in [0.4, 0.5) is 0 Å². The zero-order valence-corrected chi connectivity index (χ0v) is 12.4. The van der Waals surface area contributed by atoms with E-state index in [0.717, 1.165) is 17.7 Å². The van der Waals surface area contributed by atoms with E-state index < -0.39 is 0 Å². The normalized spacial score (nSPS) is 47.4. The minimum absolute atomic E-state index is 0.0975. The molecule has 2 aliphatic rings. The van der Waals surface area contributed by atoms with Gasteiger partial charge in [0.25, 0.3) is 0 Å². The van der Waals surface area contributed by atoms with Crippen molar-refractivity contribution >= 4 is 15.9 Å². The lowest BCUT2D eigenvalue weighted by Gasteiger charge is -2.58. The van der Waals surface area contributed by atoms with E-state index in [9.17, 15) is 5.11 Å². The topological polar surface area (TPSA) is 20.2 Å². The maximum Gasteiger partial charge on any atom is 0.0594 e. The molecule has 0 radical (unpaired) electrons. The van der Waals surface area contributed by atoms with Crippen molar-refractivity contribution < 1.29 is 5.11 Å². The summed E-state index contributed by atoms with van der Waals surface area (Å²) in [5.74, 6) is 1.50. The molecule has 1 N–H and O–H groups in total. The first-order valence-corrected chi connectivity index (χ1v) is 7.79. The highest BCUT2D eigenvalue weighted by atomic mass is 79.9. The Kier molecular flexibility index (Phi) is 3.44. The van der Waals surface area contributed by atoms with Crippen molar-refractivity contribution in [2.45, 2.75) is 59.0 Å². The molecule has 0 unspecified atom stereocenters. The highest BCUT2D eigenvalue weighted by molar-refractivity contribution is 9.09. The Morgan fingerprint density at radius 3 is 2.50 bits per heavy atom. The molecule has 2 heteroatoms. The molecule has 16 heavy (non-hydrogen) atoms. The molecule has 0 aliphatic heterocycles. The summed E-state index contributed by atoms with van der Waals surface area (Å²) in [5.41, 5.74) is 0.554. The first kappa shape index (κ1) is 12.9. The Labute approximate surface area is 108 Å². The van der Waals surface area contributed by atoms with Gasteiger partial charge < -0.3 is 5.11 Å². The number of hydrogen-bond acceptors (Lipinski definition) is 1. The predicted octanol–water partition coefficient (Wildman–Crippen LogP) is 3.98. The van der Waals surface area contributed by atoms with Gasteiger partial charge >= 0.3 is 0 Å². The van der Waals surface area contributed by atoms with E-state index in [1.807, 2.05) is 0 Å². The van der Waals surface area contributed by atoms with Gasteiger partial charge in [-0.2, -0.15) is 0 Å². The van der Waals surface area contributed by atoms with Gasteiger partial charge in [-0.1, -0.05) is 43.1 Å². The fourth-order valence-corrected chi connectivity index (χ4v) is 5.48. The number of alkyl halides is 1. The monoisotopic (exact) mass is 288 g/mol. The summed E-state index contributed by atoms with van der Waals surface area (Å²) in [4.78, 5) is 0. The third kappa shape index (κ3) is 1.77. The molecule has 0 heterocycles. The fourth-order valence-electron chi connectivity index (χ4n) is 4.42. The Bertz CT molecular complexity index is 263. The van der Waals surface area contributed by atoms with Gasteiger partial charge in [-0.05, 0) is 48.3 Å². The quantitative estimate of drug-likeness (QED) is 0.724. The molecule has 0 aromatic heterocycles. The molecule has 0 spiro atoms. The first-order valence-electron chi connectivity index (χ1n) is 6.67. The SMILES string of the molecule is CC1(C)[C@@H](O)CC[C@]2(C)[C@H](CBr)CCC[C@@H]12. The molecule has 0 aromatic carbocycles. The lowest BCUT2D eigenvalue weighted by Crippen LogP contribution is -2.54. The molecule has 94 valence electrons. The van der Waals surface area contributed by atoms with E-state index in [1.165, 1.54) is 25.7 Å². The average Bonchev–Trinajstić information content (AvgIpc) is 2.24. The molecule has 0 amide bonds. The van der Waals surface area contributed by atoms with E-state index >= 15 is 0 Å². The van der Waals surface area contributed by atoms with E-state index in [0.29, 0.717) is 11.3 Å². The maximum atomic E-state index is 10.2. The Hall–Kier alpha value is 0.440. The van der Waals surface area contributed by atoms with Crippen LogP contribution in [0.2, 0.25) is 0 Å². The first-order chi connectivity index (χ1) is 7.43. The second-order valence-corrected chi connectivity index (χ2v) is 7.36. The summed E-state index contributed by atoms with van der Waals surface area (Å²) < 4.78 is 0. The van der Waals surface area contributed by atoms with E-state index in [2.05, 4.69) is 36.7 Å². The van der Waals surface area contributed by atoms with Crippen molar-refractivity contribution in [2.24, 2.45) is 22.7 Å². The summed E-state index contributed by atoms with van der Waals surface area (Å²) in [5, 5.41) is 11.4. The van der Waals surface area contributed by atoms with Crippen LogP contribution in [0.15, 0.2) is 0 Å². The second-order valence-electron chi connectivity index (χ2n) is 6.72. The van der Waals surface area contributed by atoms with Crippen LogP contribution in [-0.2, 0) is 0 Å². The number of aliphatic hydroxyl groups is 1. The van der Waals surface area contributed by atoms with Gasteiger partial charge in [0.15, 0.2) is 0 Å². The zero-order valence-electron chi connectivity index (χ0n) is 10.8. The van der Waals surface area contributed by atoms with Crippen molar-refractivity contribution in [1.82, 2.24) is 0 Å². The number of rotatable bonds is 1. The van der Waals surface area contributed by atoms with Crippen molar-refractivity contribution in [3.63, 3.8) is 0 Å². The van der Waals surface area contributed by atoms with Gasteiger partial charge in [-0.15, -0.1) is 0 Å². The lowest BCUT2D eigenvalue weighted by molar-refractivity contribution is -0.131. The summed E-state index contributed by atoms with van der Waals surface area (Å²) in [6, 6.07) is 0. The standard InChI is InChI=1S/C14H25BrO/c1-13(2)11-6-4-5-10(9-15)14(11,3)8-7-12(13)16/h10-12,16H,4-9H2,1-3H3/t10-,11-,12-,14+/m0/s1. The van der Waals surface area contributed by atoms with Crippen molar-refractivity contribution in [2.75, 3.05) is 5.33 Å². The summed E-state index contributed by atoms with van der Waals surface area (Å²) in [6.07, 6.45) is 6.11. The smallest absolute Gasteiger partial charge is 0.0594 e. The molecule has 0 bridgehead atoms. The minimum Gasteiger partial charge on any atom is -0.393 e. The van der Waals surface area contributed by atoms with E-state index in [1.54, 1.807) is 0 Å². The molecule has 2 saturated carbocycles. The van der Waals surface area contributed by atoms with Gasteiger partial charge in [0.2, 0.25) is 0 Å². The molecule has 0 aromatic rings. The van der Waals surface area contributed by atoms with Crippen LogP contribution in [0.5, 0.6) is 0 Å². The van der Waals surface area contributed by atoms with E-state index in [-0.39, 0.29) is 11.5 Å². The highest BCUT2D eigenvalue weighted by Gasteiger charge is 2.54. The summed E-state index contributed by atoms with van der Waals surface area (Å²) >= 11 is 3.70. The fraction of sp³-hybridized carbons (Fsp3) is 1.00. The van der Waals surface area contributed by atoms with Crippen LogP contribution in [0.1, 0.15) is 52.9 Å². The minimum atomic E-state index is -0.0975. The van der Waals surface area contributed by atoms with Gasteiger partial charge in [-0.3, -0.25) is 0 Å². The van der Waals surface area contributed by atoms with Crippen LogP contribution in [0.25, 0.3) is 0 Å². The molecular weight excluding hydrogens is 264 g/mol. The van der Waals surface area contributed by atoms with Crippen LogP contribution in [-0.4, -0.2) is 16.5 Å². The highest BCUT2D eigenvalue weighted by Crippen LogP contribution is 2.59. The third-order valence-electron chi connectivity index (χ3n) is 5.67. The average molecular weight is 289 g/mol. The van der Waals surface area contributed by atoms with Crippen LogP contribution < -0.4 is 0 Å². The van der Waals surface area contributed by atoms with Crippen LogP contribution in [0.3, 0.4) is 0 Å². The molecule has 2 fully saturated rings. The molecule has 2 rings (SSSR count). The predicted molar refractivity (Wildman–Crippen MR) is 71.8 cm³/mol. The number of fused-ring (bicyclic) bond motifs is 1. The largest absolute Gasteiger partial charge is 0.393 e. The number of hydrogen-bond donors (Lipinski definition) is 1. The molecule has 2 aliphatic carbocycles.